The van der Waals surface area contributed by atoms with Crippen molar-refractivity contribution >= 4 is 23.2 Å². The lowest BCUT2D eigenvalue weighted by atomic mass is 9.93. The standard InChI is InChI=1S/C27H29FN2O2S/c1-3-19(2)30(25(31)17-20-9-11-22(28)12-10-20)18-26(32)29-15-13-24-23(14-16-33-24)27(29)21-7-5-4-6-8-21/h4-12,14,16,19,27H,3,13,15,17-18H2,1-2H3/t19-,27+/m1/s1. The van der Waals surface area contributed by atoms with Crippen LogP contribution in [-0.4, -0.2) is 40.7 Å². The van der Waals surface area contributed by atoms with Gasteiger partial charge in [0, 0.05) is 17.5 Å². The summed E-state index contributed by atoms with van der Waals surface area (Å²) in [6.07, 6.45) is 1.73. The summed E-state index contributed by atoms with van der Waals surface area (Å²) in [5.74, 6) is -0.493. The molecule has 2 aromatic carbocycles. The Bertz CT molecular complexity index is 1100. The SMILES string of the molecule is CC[C@@H](C)N(CC(=O)N1CCc2sccc2[C@@H]1c1ccccc1)C(=O)Cc1ccc(F)cc1. The molecule has 4 rings (SSSR count). The highest BCUT2D eigenvalue weighted by molar-refractivity contribution is 7.10. The van der Waals surface area contributed by atoms with Gasteiger partial charge in [0.25, 0.3) is 0 Å². The van der Waals surface area contributed by atoms with Crippen LogP contribution in [0.1, 0.15) is 47.9 Å². The zero-order chi connectivity index (χ0) is 23.4. The molecule has 0 aliphatic carbocycles. The molecule has 0 bridgehead atoms. The highest BCUT2D eigenvalue weighted by Crippen LogP contribution is 2.37. The van der Waals surface area contributed by atoms with E-state index in [2.05, 4.69) is 23.6 Å². The molecule has 0 saturated heterocycles. The number of amides is 2. The number of halogens is 1. The van der Waals surface area contributed by atoms with Crippen LogP contribution in [0.2, 0.25) is 0 Å². The average Bonchev–Trinajstić information content (AvgIpc) is 3.32. The summed E-state index contributed by atoms with van der Waals surface area (Å²) in [7, 11) is 0. The molecule has 0 unspecified atom stereocenters. The Labute approximate surface area is 198 Å². The Kier molecular flexibility index (Phi) is 7.23. The maximum Gasteiger partial charge on any atom is 0.243 e. The molecule has 172 valence electrons. The predicted octanol–water partition coefficient (Wildman–Crippen LogP) is 5.23. The van der Waals surface area contributed by atoms with Gasteiger partial charge in [-0.3, -0.25) is 9.59 Å². The van der Waals surface area contributed by atoms with Gasteiger partial charge in [-0.05, 0) is 60.0 Å². The maximum atomic E-state index is 13.6. The summed E-state index contributed by atoms with van der Waals surface area (Å²) in [5.41, 5.74) is 3.00. The minimum atomic E-state index is -0.329. The van der Waals surface area contributed by atoms with Crippen LogP contribution < -0.4 is 0 Å². The van der Waals surface area contributed by atoms with E-state index in [4.69, 9.17) is 0 Å². The molecule has 2 atom stereocenters. The van der Waals surface area contributed by atoms with Crippen molar-refractivity contribution in [2.45, 2.75) is 45.2 Å². The molecule has 1 aromatic heterocycles. The van der Waals surface area contributed by atoms with Crippen molar-refractivity contribution in [3.05, 3.63) is 93.4 Å². The lowest BCUT2D eigenvalue weighted by Gasteiger charge is -2.38. The van der Waals surface area contributed by atoms with Gasteiger partial charge in [0.2, 0.25) is 11.8 Å². The third-order valence-electron chi connectivity index (χ3n) is 6.42. The number of hydrogen-bond acceptors (Lipinski definition) is 3. The van der Waals surface area contributed by atoms with Crippen LogP contribution in [0, 0.1) is 5.82 Å². The largest absolute Gasteiger partial charge is 0.330 e. The van der Waals surface area contributed by atoms with Crippen molar-refractivity contribution in [2.24, 2.45) is 0 Å². The van der Waals surface area contributed by atoms with Gasteiger partial charge < -0.3 is 9.80 Å². The van der Waals surface area contributed by atoms with Crippen LogP contribution in [0.25, 0.3) is 0 Å². The molecule has 6 heteroatoms. The van der Waals surface area contributed by atoms with Crippen molar-refractivity contribution < 1.29 is 14.0 Å². The van der Waals surface area contributed by atoms with Crippen molar-refractivity contribution in [3.63, 3.8) is 0 Å². The van der Waals surface area contributed by atoms with Gasteiger partial charge in [-0.15, -0.1) is 11.3 Å². The summed E-state index contributed by atoms with van der Waals surface area (Å²) < 4.78 is 13.3. The van der Waals surface area contributed by atoms with E-state index in [-0.39, 0.29) is 42.7 Å². The molecule has 1 aliphatic rings. The molecule has 0 N–H and O–H groups in total. The first-order chi connectivity index (χ1) is 16.0. The van der Waals surface area contributed by atoms with Crippen LogP contribution in [0.4, 0.5) is 4.39 Å². The third kappa shape index (κ3) is 5.17. The highest BCUT2D eigenvalue weighted by Gasteiger charge is 2.34. The number of nitrogens with zero attached hydrogens (tertiary/aromatic N) is 2. The number of fused-ring (bicyclic) bond motifs is 1. The molecule has 0 saturated carbocycles. The summed E-state index contributed by atoms with van der Waals surface area (Å²) in [5, 5.41) is 2.09. The van der Waals surface area contributed by atoms with Gasteiger partial charge in [0.15, 0.2) is 0 Å². The van der Waals surface area contributed by atoms with Crippen LogP contribution in [0.5, 0.6) is 0 Å². The van der Waals surface area contributed by atoms with E-state index < -0.39 is 0 Å². The monoisotopic (exact) mass is 464 g/mol. The van der Waals surface area contributed by atoms with E-state index in [0.717, 1.165) is 24.0 Å². The van der Waals surface area contributed by atoms with E-state index in [1.165, 1.54) is 22.6 Å². The van der Waals surface area contributed by atoms with Crippen molar-refractivity contribution in [2.75, 3.05) is 13.1 Å². The summed E-state index contributed by atoms with van der Waals surface area (Å²) in [6.45, 7) is 4.65. The van der Waals surface area contributed by atoms with Gasteiger partial charge in [0.1, 0.15) is 12.4 Å². The Morgan fingerprint density at radius 2 is 1.85 bits per heavy atom. The normalized spacial score (nSPS) is 16.2. The topological polar surface area (TPSA) is 40.6 Å². The van der Waals surface area contributed by atoms with Crippen LogP contribution in [-0.2, 0) is 22.4 Å². The fourth-order valence-electron chi connectivity index (χ4n) is 4.41. The summed E-state index contributed by atoms with van der Waals surface area (Å²) in [4.78, 5) is 31.7. The molecule has 1 aliphatic heterocycles. The predicted molar refractivity (Wildman–Crippen MR) is 130 cm³/mol. The highest BCUT2D eigenvalue weighted by atomic mass is 32.1. The quantitative estimate of drug-likeness (QED) is 0.480. The summed E-state index contributed by atoms with van der Waals surface area (Å²) in [6, 6.07) is 18.0. The molecular weight excluding hydrogens is 435 g/mol. The number of carbonyl (C=O) groups is 2. The fourth-order valence-corrected chi connectivity index (χ4v) is 5.31. The molecule has 0 radical (unpaired) electrons. The molecule has 0 spiro atoms. The van der Waals surface area contributed by atoms with Crippen molar-refractivity contribution in [3.8, 4) is 0 Å². The van der Waals surface area contributed by atoms with Crippen LogP contribution in [0.3, 0.4) is 0 Å². The lowest BCUT2D eigenvalue weighted by Crippen LogP contribution is -2.49. The first kappa shape index (κ1) is 23.2. The van der Waals surface area contributed by atoms with E-state index >= 15 is 0 Å². The molecule has 33 heavy (non-hydrogen) atoms. The number of carbonyl (C=O) groups excluding carboxylic acids is 2. The minimum Gasteiger partial charge on any atom is -0.330 e. The molecular formula is C27H29FN2O2S. The second-order valence-electron chi connectivity index (χ2n) is 8.53. The fraction of sp³-hybridized carbons (Fsp3) is 0.333. The van der Waals surface area contributed by atoms with Crippen molar-refractivity contribution in [1.82, 2.24) is 9.80 Å². The van der Waals surface area contributed by atoms with Gasteiger partial charge in [-0.25, -0.2) is 4.39 Å². The number of rotatable bonds is 7. The number of hydrogen-bond donors (Lipinski definition) is 0. The van der Waals surface area contributed by atoms with E-state index in [1.807, 2.05) is 36.9 Å². The number of benzene rings is 2. The maximum absolute atomic E-state index is 13.6. The first-order valence-corrected chi connectivity index (χ1v) is 12.3. The third-order valence-corrected chi connectivity index (χ3v) is 7.42. The van der Waals surface area contributed by atoms with Gasteiger partial charge in [-0.2, -0.15) is 0 Å². The van der Waals surface area contributed by atoms with Gasteiger partial charge in [-0.1, -0.05) is 49.4 Å². The Hall–Kier alpha value is -2.99. The zero-order valence-corrected chi connectivity index (χ0v) is 19.9. The molecule has 2 amide bonds. The Balaban J connectivity index is 1.56. The lowest BCUT2D eigenvalue weighted by molar-refractivity contribution is -0.143. The van der Waals surface area contributed by atoms with Crippen LogP contribution in [0.15, 0.2) is 66.0 Å². The number of thiophene rings is 1. The van der Waals surface area contributed by atoms with Gasteiger partial charge >= 0.3 is 0 Å². The second kappa shape index (κ2) is 10.3. The van der Waals surface area contributed by atoms with E-state index in [9.17, 15) is 14.0 Å². The van der Waals surface area contributed by atoms with E-state index in [0.29, 0.717) is 6.54 Å². The molecule has 4 nitrogen and oxygen atoms in total. The Morgan fingerprint density at radius 1 is 1.12 bits per heavy atom. The van der Waals surface area contributed by atoms with Crippen LogP contribution >= 0.6 is 11.3 Å². The minimum absolute atomic E-state index is 0.0395. The smallest absolute Gasteiger partial charge is 0.243 e. The van der Waals surface area contributed by atoms with Gasteiger partial charge in [0.05, 0.1) is 12.5 Å². The average molecular weight is 465 g/mol. The molecule has 0 fully saturated rings. The molecule has 2 heterocycles. The zero-order valence-electron chi connectivity index (χ0n) is 19.0. The Morgan fingerprint density at radius 3 is 2.55 bits per heavy atom. The summed E-state index contributed by atoms with van der Waals surface area (Å²) >= 11 is 1.74. The second-order valence-corrected chi connectivity index (χ2v) is 9.53. The van der Waals surface area contributed by atoms with Crippen molar-refractivity contribution in [1.29, 1.82) is 0 Å². The first-order valence-electron chi connectivity index (χ1n) is 11.4. The van der Waals surface area contributed by atoms with E-state index in [1.54, 1.807) is 28.4 Å². The molecule has 3 aromatic rings.